The van der Waals surface area contributed by atoms with Gasteiger partial charge in [0.05, 0.1) is 11.1 Å². The van der Waals surface area contributed by atoms with Crippen molar-refractivity contribution in [3.63, 3.8) is 0 Å². The van der Waals surface area contributed by atoms with Gasteiger partial charge in [0.25, 0.3) is 0 Å². The van der Waals surface area contributed by atoms with Crippen LogP contribution in [0.4, 0.5) is 0 Å². The van der Waals surface area contributed by atoms with Gasteiger partial charge in [-0.2, -0.15) is 0 Å². The smallest absolute Gasteiger partial charge is 0.872 e. The van der Waals surface area contributed by atoms with Gasteiger partial charge in [-0.05, 0) is 52.7 Å². The third-order valence-electron chi connectivity index (χ3n) is 3.02. The summed E-state index contributed by atoms with van der Waals surface area (Å²) in [6, 6.07) is 13.8. The first-order valence-corrected chi connectivity index (χ1v) is 8.60. The summed E-state index contributed by atoms with van der Waals surface area (Å²) in [5.41, 5.74) is 1.06. The molecule has 0 aromatic heterocycles. The molecule has 0 amide bonds. The van der Waals surface area contributed by atoms with Gasteiger partial charge >= 0.3 is 20.4 Å². The van der Waals surface area contributed by atoms with Crippen LogP contribution in [0.5, 0.6) is 11.5 Å². The third kappa shape index (κ3) is 11.4. The third-order valence-corrected chi connectivity index (χ3v) is 3.02. The van der Waals surface area contributed by atoms with Crippen LogP contribution in [-0.4, -0.2) is 23.5 Å². The van der Waals surface area contributed by atoms with Gasteiger partial charge in [-0.3, -0.25) is 9.98 Å². The van der Waals surface area contributed by atoms with E-state index in [-0.39, 0.29) is 43.0 Å². The summed E-state index contributed by atoms with van der Waals surface area (Å²) in [6.45, 7) is 12.0. The van der Waals surface area contributed by atoms with Crippen LogP contribution < -0.4 is 10.2 Å². The fourth-order valence-corrected chi connectivity index (χ4v) is 1.70. The molecule has 4 nitrogen and oxygen atoms in total. The van der Waals surface area contributed by atoms with Crippen molar-refractivity contribution in [2.75, 3.05) is 0 Å². The Balaban J connectivity index is 0.000000483. The first-order valence-electron chi connectivity index (χ1n) is 8.60. The number of rotatable bonds is 2. The van der Waals surface area contributed by atoms with Gasteiger partial charge in [-0.15, -0.1) is 11.5 Å². The standard InChI is InChI=1S/2C11H15NO.Pd/c2*1-11(2,3)12-8-9-6-4-5-7-10(9)13;/h2*4-8,13H,1-3H3;/q;;+2/p-2. The zero-order valence-corrected chi connectivity index (χ0v) is 18.4. The average Bonchev–Trinajstić information content (AvgIpc) is 2.52. The van der Waals surface area contributed by atoms with Crippen molar-refractivity contribution in [2.45, 2.75) is 52.6 Å². The molecule has 0 atom stereocenters. The normalized spacial score (nSPS) is 11.8. The first-order chi connectivity index (χ1) is 12.0. The summed E-state index contributed by atoms with van der Waals surface area (Å²) in [6.07, 6.45) is 3.28. The van der Waals surface area contributed by atoms with Crippen LogP contribution in [0.2, 0.25) is 0 Å². The molecule has 0 heterocycles. The summed E-state index contributed by atoms with van der Waals surface area (Å²) in [4.78, 5) is 8.53. The Morgan fingerprint density at radius 2 is 0.926 bits per heavy atom. The first kappa shape index (κ1) is 25.0. The molecule has 0 aliphatic heterocycles. The molecule has 2 aromatic carbocycles. The van der Waals surface area contributed by atoms with E-state index in [0.29, 0.717) is 11.1 Å². The van der Waals surface area contributed by atoms with E-state index in [4.69, 9.17) is 0 Å². The Bertz CT molecular complexity index is 692. The molecule has 0 radical (unpaired) electrons. The summed E-state index contributed by atoms with van der Waals surface area (Å²) in [5, 5.41) is 22.5. The van der Waals surface area contributed by atoms with Crippen LogP contribution in [0.1, 0.15) is 52.7 Å². The Kier molecular flexibility index (Phi) is 10.2. The zero-order valence-electron chi connectivity index (χ0n) is 16.8. The molecular weight excluding hydrogens is 431 g/mol. The second-order valence-corrected chi connectivity index (χ2v) is 7.93. The van der Waals surface area contributed by atoms with Crippen molar-refractivity contribution in [3.05, 3.63) is 59.7 Å². The average molecular weight is 459 g/mol. The number of hydrogen-bond acceptors (Lipinski definition) is 4. The molecule has 0 unspecified atom stereocenters. The quantitative estimate of drug-likeness (QED) is 0.505. The summed E-state index contributed by atoms with van der Waals surface area (Å²) in [5.74, 6) is 0.0472. The summed E-state index contributed by atoms with van der Waals surface area (Å²) < 4.78 is 0. The van der Waals surface area contributed by atoms with E-state index in [1.807, 2.05) is 53.7 Å². The van der Waals surface area contributed by atoms with Crippen molar-refractivity contribution in [1.29, 1.82) is 0 Å². The molecule has 0 spiro atoms. The van der Waals surface area contributed by atoms with E-state index >= 15 is 0 Å². The monoisotopic (exact) mass is 458 g/mol. The predicted molar refractivity (Wildman–Crippen MR) is 106 cm³/mol. The molecule has 0 saturated heterocycles. The van der Waals surface area contributed by atoms with Gasteiger partial charge in [0.1, 0.15) is 0 Å². The minimum atomic E-state index is -0.123. The van der Waals surface area contributed by atoms with Crippen LogP contribution in [0, 0.1) is 0 Å². The molecule has 5 heteroatoms. The van der Waals surface area contributed by atoms with Crippen molar-refractivity contribution in [3.8, 4) is 11.5 Å². The molecule has 148 valence electrons. The Hall–Kier alpha value is -1.96. The second-order valence-electron chi connectivity index (χ2n) is 7.93. The van der Waals surface area contributed by atoms with Crippen molar-refractivity contribution in [2.24, 2.45) is 9.98 Å². The molecule has 0 N–H and O–H groups in total. The van der Waals surface area contributed by atoms with Crippen molar-refractivity contribution < 1.29 is 30.6 Å². The Morgan fingerprint density at radius 1 is 0.630 bits per heavy atom. The molecule has 0 bridgehead atoms. The van der Waals surface area contributed by atoms with Gasteiger partial charge in [0.2, 0.25) is 0 Å². The second kappa shape index (κ2) is 11.0. The van der Waals surface area contributed by atoms with E-state index in [2.05, 4.69) is 9.98 Å². The molecule has 0 aliphatic carbocycles. The van der Waals surface area contributed by atoms with Crippen LogP contribution in [0.15, 0.2) is 58.5 Å². The number of benzene rings is 2. The number of hydrogen-bond donors (Lipinski definition) is 0. The van der Waals surface area contributed by atoms with Crippen LogP contribution >= 0.6 is 0 Å². The molecular formula is C22H28N2O2Pd. The zero-order chi connectivity index (χ0) is 19.8. The van der Waals surface area contributed by atoms with Gasteiger partial charge in [0.15, 0.2) is 0 Å². The van der Waals surface area contributed by atoms with Crippen molar-refractivity contribution in [1.82, 2.24) is 0 Å². The summed E-state index contributed by atoms with van der Waals surface area (Å²) >= 11 is 0. The molecule has 27 heavy (non-hydrogen) atoms. The maximum Gasteiger partial charge on any atom is 2.00 e. The van der Waals surface area contributed by atoms with Gasteiger partial charge in [-0.25, -0.2) is 0 Å². The molecule has 0 aliphatic rings. The minimum Gasteiger partial charge on any atom is -0.872 e. The van der Waals surface area contributed by atoms with E-state index in [0.717, 1.165) is 0 Å². The van der Waals surface area contributed by atoms with Crippen LogP contribution in [0.25, 0.3) is 0 Å². The van der Waals surface area contributed by atoms with E-state index in [1.165, 1.54) is 0 Å². The molecule has 2 rings (SSSR count). The van der Waals surface area contributed by atoms with Crippen LogP contribution in [-0.2, 0) is 20.4 Å². The largest absolute Gasteiger partial charge is 2.00 e. The van der Waals surface area contributed by atoms with E-state index < -0.39 is 0 Å². The number of nitrogens with zero attached hydrogens (tertiary/aromatic N) is 2. The molecule has 0 saturated carbocycles. The predicted octanol–water partition coefficient (Wildman–Crippen LogP) is 3.95. The van der Waals surface area contributed by atoms with E-state index in [1.54, 1.807) is 48.8 Å². The Labute approximate surface area is 176 Å². The van der Waals surface area contributed by atoms with Crippen LogP contribution in [0.3, 0.4) is 0 Å². The maximum atomic E-state index is 11.2. The Morgan fingerprint density at radius 3 is 1.19 bits per heavy atom. The molecule has 0 fully saturated rings. The van der Waals surface area contributed by atoms with Crippen molar-refractivity contribution >= 4 is 12.4 Å². The molecule has 2 aromatic rings. The number of para-hydroxylation sites is 2. The number of aliphatic imine (C=N–C) groups is 2. The van der Waals surface area contributed by atoms with Gasteiger partial charge in [-0.1, -0.05) is 48.5 Å². The minimum absolute atomic E-state index is 0. The summed E-state index contributed by atoms with van der Waals surface area (Å²) in [7, 11) is 0. The SMILES string of the molecule is CC(C)(C)N=Cc1ccccc1[O-].CC(C)(C)N=Cc1ccccc1[O-].[Pd+2]. The van der Waals surface area contributed by atoms with Gasteiger partial charge < -0.3 is 10.2 Å². The van der Waals surface area contributed by atoms with Gasteiger partial charge in [0, 0.05) is 12.4 Å². The topological polar surface area (TPSA) is 70.8 Å². The fourth-order valence-electron chi connectivity index (χ4n) is 1.70. The maximum absolute atomic E-state index is 11.2. The van der Waals surface area contributed by atoms with E-state index in [9.17, 15) is 10.2 Å². The fraction of sp³-hybridized carbons (Fsp3) is 0.364.